The van der Waals surface area contributed by atoms with Crippen molar-refractivity contribution >= 4 is 38.1 Å². The number of ether oxygens (including phenoxy) is 1. The summed E-state index contributed by atoms with van der Waals surface area (Å²) in [7, 11) is -1.27. The fourth-order valence-electron chi connectivity index (χ4n) is 2.28. The van der Waals surface area contributed by atoms with Crippen LogP contribution < -0.4 is 10.2 Å². The number of hydrogen-bond donors (Lipinski definition) is 2. The maximum Gasteiger partial charge on any atom is 0.255 e. The van der Waals surface area contributed by atoms with Crippen LogP contribution in [0, 0.1) is 6.92 Å². The summed E-state index contributed by atoms with van der Waals surface area (Å²) in [5, 5.41) is 13.5. The molecule has 0 heterocycles. The second kappa shape index (κ2) is 9.18. The summed E-state index contributed by atoms with van der Waals surface area (Å²) in [6.07, 6.45) is 1.26. The number of aromatic hydroxyl groups is 1. The summed E-state index contributed by atoms with van der Waals surface area (Å²) in [4.78, 5) is 12.0. The minimum absolute atomic E-state index is 0.00700. The molecule has 2 aromatic carbocycles. The number of aryl methyl sites for hydroxylation is 1. The lowest BCUT2D eigenvalue weighted by atomic mass is 10.2. The first-order valence-electron chi connectivity index (χ1n) is 8.06. The van der Waals surface area contributed by atoms with Crippen LogP contribution in [0.4, 0.5) is 0 Å². The van der Waals surface area contributed by atoms with Gasteiger partial charge in [0.2, 0.25) is 10.0 Å². The van der Waals surface area contributed by atoms with E-state index in [1.54, 1.807) is 31.2 Å². The molecule has 28 heavy (non-hydrogen) atoms. The third-order valence-corrected chi connectivity index (χ3v) is 6.07. The zero-order chi connectivity index (χ0) is 20.9. The smallest absolute Gasteiger partial charge is 0.255 e. The molecular weight excluding hydrogens is 450 g/mol. The minimum atomic E-state index is -3.94. The van der Waals surface area contributed by atoms with E-state index < -0.39 is 22.5 Å². The highest BCUT2D eigenvalue weighted by Gasteiger charge is 2.26. The van der Waals surface area contributed by atoms with Gasteiger partial charge < -0.3 is 9.84 Å². The van der Waals surface area contributed by atoms with Crippen molar-refractivity contribution in [1.29, 1.82) is 0 Å². The monoisotopic (exact) mass is 469 g/mol. The Bertz CT molecular complexity index is 1010. The highest BCUT2D eigenvalue weighted by Crippen LogP contribution is 2.27. The maximum atomic E-state index is 12.8. The highest BCUT2D eigenvalue weighted by molar-refractivity contribution is 9.10. The number of rotatable bonds is 7. The number of phenols is 1. The van der Waals surface area contributed by atoms with Crippen molar-refractivity contribution in [2.24, 2.45) is 5.10 Å². The van der Waals surface area contributed by atoms with Gasteiger partial charge in [-0.25, -0.2) is 13.8 Å². The fraction of sp³-hybridized carbons (Fsp3) is 0.222. The molecule has 2 N–H and O–H groups in total. The first-order chi connectivity index (χ1) is 13.1. The average molecular weight is 470 g/mol. The zero-order valence-corrected chi connectivity index (χ0v) is 17.9. The number of amides is 1. The Morgan fingerprint density at radius 2 is 2.04 bits per heavy atom. The maximum absolute atomic E-state index is 12.8. The molecule has 150 valence electrons. The third kappa shape index (κ3) is 5.31. The van der Waals surface area contributed by atoms with Crippen LogP contribution in [-0.4, -0.2) is 50.7 Å². The van der Waals surface area contributed by atoms with Crippen molar-refractivity contribution in [2.75, 3.05) is 20.7 Å². The number of methoxy groups -OCH3 is 1. The molecule has 0 saturated carbocycles. The predicted octanol–water partition coefficient (Wildman–Crippen LogP) is 2.24. The average Bonchev–Trinajstić information content (AvgIpc) is 2.64. The summed E-state index contributed by atoms with van der Waals surface area (Å²) >= 11 is 3.27. The molecule has 0 saturated heterocycles. The van der Waals surface area contributed by atoms with Gasteiger partial charge in [-0.3, -0.25) is 4.79 Å². The van der Waals surface area contributed by atoms with Gasteiger partial charge in [0.15, 0.2) is 0 Å². The molecule has 10 heteroatoms. The van der Waals surface area contributed by atoms with Crippen molar-refractivity contribution in [3.63, 3.8) is 0 Å². The first-order valence-corrected chi connectivity index (χ1v) is 10.3. The molecule has 0 bridgehead atoms. The normalized spacial score (nSPS) is 11.8. The van der Waals surface area contributed by atoms with Gasteiger partial charge in [0.1, 0.15) is 16.4 Å². The van der Waals surface area contributed by atoms with Crippen molar-refractivity contribution in [2.45, 2.75) is 11.8 Å². The van der Waals surface area contributed by atoms with Crippen LogP contribution in [0.2, 0.25) is 0 Å². The van der Waals surface area contributed by atoms with Gasteiger partial charge in [-0.2, -0.15) is 9.41 Å². The van der Waals surface area contributed by atoms with Crippen LogP contribution in [-0.2, 0) is 14.8 Å². The van der Waals surface area contributed by atoms with E-state index in [4.69, 9.17) is 4.74 Å². The largest absolute Gasteiger partial charge is 0.507 e. The lowest BCUT2D eigenvalue weighted by Crippen LogP contribution is -2.36. The van der Waals surface area contributed by atoms with Gasteiger partial charge in [-0.05, 0) is 42.8 Å². The Labute approximate surface area is 172 Å². The second-order valence-electron chi connectivity index (χ2n) is 5.91. The molecular formula is C18H20BrN3O5S. The molecule has 0 atom stereocenters. The molecule has 2 rings (SSSR count). The second-order valence-corrected chi connectivity index (χ2v) is 8.84. The number of nitrogens with one attached hydrogen (secondary N) is 1. The van der Waals surface area contributed by atoms with Crippen molar-refractivity contribution < 1.29 is 23.1 Å². The van der Waals surface area contributed by atoms with E-state index in [-0.39, 0.29) is 16.4 Å². The van der Waals surface area contributed by atoms with E-state index in [1.807, 2.05) is 0 Å². The van der Waals surface area contributed by atoms with Crippen LogP contribution in [0.1, 0.15) is 11.1 Å². The molecule has 0 radical (unpaired) electrons. The summed E-state index contributed by atoms with van der Waals surface area (Å²) in [5.41, 5.74) is 3.37. The minimum Gasteiger partial charge on any atom is -0.507 e. The van der Waals surface area contributed by atoms with Gasteiger partial charge in [-0.1, -0.05) is 22.0 Å². The number of hydrazone groups is 1. The van der Waals surface area contributed by atoms with Gasteiger partial charge in [0.25, 0.3) is 5.91 Å². The van der Waals surface area contributed by atoms with Crippen molar-refractivity contribution in [3.05, 3.63) is 52.0 Å². The van der Waals surface area contributed by atoms with Crippen molar-refractivity contribution in [1.82, 2.24) is 9.73 Å². The molecule has 0 aromatic heterocycles. The predicted molar refractivity (Wildman–Crippen MR) is 109 cm³/mol. The van der Waals surface area contributed by atoms with Gasteiger partial charge in [-0.15, -0.1) is 0 Å². The molecule has 1 amide bonds. The number of likely N-dealkylation sites (N-methyl/N-ethyl adjacent to an activating group) is 1. The van der Waals surface area contributed by atoms with E-state index in [2.05, 4.69) is 26.5 Å². The summed E-state index contributed by atoms with van der Waals surface area (Å²) in [6.45, 7) is 1.32. The molecule has 0 aliphatic carbocycles. The van der Waals surface area contributed by atoms with E-state index in [0.29, 0.717) is 5.56 Å². The van der Waals surface area contributed by atoms with Crippen LogP contribution in [0.5, 0.6) is 11.5 Å². The Morgan fingerprint density at radius 1 is 1.32 bits per heavy atom. The van der Waals surface area contributed by atoms with Crippen LogP contribution in [0.3, 0.4) is 0 Å². The van der Waals surface area contributed by atoms with Crippen LogP contribution in [0.25, 0.3) is 0 Å². The number of sulfonamides is 1. The molecule has 0 aliphatic heterocycles. The quantitative estimate of drug-likeness (QED) is 0.477. The Hall–Kier alpha value is -2.43. The lowest BCUT2D eigenvalue weighted by molar-refractivity contribution is -0.121. The lowest BCUT2D eigenvalue weighted by Gasteiger charge is -2.18. The first kappa shape index (κ1) is 21.9. The van der Waals surface area contributed by atoms with Gasteiger partial charge in [0.05, 0.1) is 19.9 Å². The van der Waals surface area contributed by atoms with E-state index in [1.165, 1.54) is 32.5 Å². The number of nitrogens with zero attached hydrogens (tertiary/aromatic N) is 2. The third-order valence-electron chi connectivity index (χ3n) is 3.76. The van der Waals surface area contributed by atoms with Gasteiger partial charge >= 0.3 is 0 Å². The SMILES string of the molecule is COc1ccc(C)cc1S(=O)(=O)N(C)CC(=O)NN=Cc1cc(Br)ccc1O. The molecule has 0 aliphatic rings. The molecule has 0 spiro atoms. The number of carbonyl (C=O) groups is 1. The highest BCUT2D eigenvalue weighted by atomic mass is 79.9. The molecule has 0 unspecified atom stereocenters. The van der Waals surface area contributed by atoms with E-state index >= 15 is 0 Å². The van der Waals surface area contributed by atoms with Gasteiger partial charge in [0, 0.05) is 17.1 Å². The summed E-state index contributed by atoms with van der Waals surface area (Å²) < 4.78 is 32.3. The Kier molecular flexibility index (Phi) is 7.17. The molecule has 2 aromatic rings. The number of carbonyl (C=O) groups excluding carboxylic acids is 1. The molecule has 8 nitrogen and oxygen atoms in total. The summed E-state index contributed by atoms with van der Waals surface area (Å²) in [6, 6.07) is 9.53. The number of halogens is 1. The zero-order valence-electron chi connectivity index (χ0n) is 15.5. The number of phenolic OH excluding ortho intramolecular Hbond substituents is 1. The Balaban J connectivity index is 2.08. The van der Waals surface area contributed by atoms with E-state index in [0.717, 1.165) is 14.3 Å². The standard InChI is InChI=1S/C18H20BrN3O5S/c1-12-4-7-16(27-3)17(8-12)28(25,26)22(2)11-18(24)21-20-10-13-9-14(19)5-6-15(13)23/h4-10,23H,11H2,1-3H3,(H,21,24). The van der Waals surface area contributed by atoms with Crippen LogP contribution in [0.15, 0.2) is 50.9 Å². The van der Waals surface area contributed by atoms with Crippen molar-refractivity contribution in [3.8, 4) is 11.5 Å². The number of hydrogen-bond acceptors (Lipinski definition) is 6. The van der Waals surface area contributed by atoms with E-state index in [9.17, 15) is 18.3 Å². The van der Waals surface area contributed by atoms with Crippen LogP contribution >= 0.6 is 15.9 Å². The Morgan fingerprint density at radius 3 is 2.71 bits per heavy atom. The fourth-order valence-corrected chi connectivity index (χ4v) is 4.02. The number of benzene rings is 2. The topological polar surface area (TPSA) is 108 Å². The summed E-state index contributed by atoms with van der Waals surface area (Å²) in [5.74, 6) is -0.447. The molecule has 0 fully saturated rings.